The summed E-state index contributed by atoms with van der Waals surface area (Å²) in [6.07, 6.45) is 1.69. The quantitative estimate of drug-likeness (QED) is 0.905. The van der Waals surface area contributed by atoms with E-state index in [0.29, 0.717) is 24.6 Å². The molecule has 2 N–H and O–H groups in total. The maximum Gasteiger partial charge on any atom is 0.268 e. The van der Waals surface area contributed by atoms with Crippen LogP contribution in [0.25, 0.3) is 0 Å². The molecule has 1 aliphatic heterocycles. The second kappa shape index (κ2) is 5.29. The molecule has 1 atom stereocenters. The van der Waals surface area contributed by atoms with E-state index in [1.165, 1.54) is 6.92 Å². The SMILES string of the molecule is CC(F)(C(=O)Nc1ncc2n1CCNC2)c1ccccc1. The van der Waals surface area contributed by atoms with Gasteiger partial charge in [0.2, 0.25) is 11.6 Å². The molecule has 1 aliphatic rings. The van der Waals surface area contributed by atoms with E-state index in [9.17, 15) is 9.18 Å². The van der Waals surface area contributed by atoms with Gasteiger partial charge < -0.3 is 9.88 Å². The number of alkyl halides is 1. The molecular formula is C15H17FN4O. The summed E-state index contributed by atoms with van der Waals surface area (Å²) in [6.45, 7) is 3.48. The summed E-state index contributed by atoms with van der Waals surface area (Å²) in [6, 6.07) is 8.41. The van der Waals surface area contributed by atoms with E-state index in [4.69, 9.17) is 0 Å². The second-order valence-corrected chi connectivity index (χ2v) is 5.22. The van der Waals surface area contributed by atoms with Gasteiger partial charge in [-0.1, -0.05) is 30.3 Å². The minimum Gasteiger partial charge on any atom is -0.312 e. The van der Waals surface area contributed by atoms with Gasteiger partial charge in [-0.2, -0.15) is 0 Å². The Morgan fingerprint density at radius 2 is 2.19 bits per heavy atom. The van der Waals surface area contributed by atoms with E-state index in [-0.39, 0.29) is 0 Å². The molecule has 3 rings (SSSR count). The van der Waals surface area contributed by atoms with Gasteiger partial charge in [-0.15, -0.1) is 0 Å². The number of benzene rings is 1. The fraction of sp³-hybridized carbons (Fsp3) is 0.333. The summed E-state index contributed by atoms with van der Waals surface area (Å²) in [5.74, 6) is -0.308. The zero-order chi connectivity index (χ0) is 14.9. The summed E-state index contributed by atoms with van der Waals surface area (Å²) >= 11 is 0. The fourth-order valence-corrected chi connectivity index (χ4v) is 2.41. The number of carbonyl (C=O) groups is 1. The van der Waals surface area contributed by atoms with Crippen molar-refractivity contribution < 1.29 is 9.18 Å². The third kappa shape index (κ3) is 2.54. The molecule has 0 bridgehead atoms. The van der Waals surface area contributed by atoms with Crippen molar-refractivity contribution in [3.63, 3.8) is 0 Å². The molecule has 2 heterocycles. The molecule has 6 heteroatoms. The van der Waals surface area contributed by atoms with Crippen LogP contribution in [-0.2, 0) is 23.6 Å². The van der Waals surface area contributed by atoms with Crippen LogP contribution < -0.4 is 10.6 Å². The van der Waals surface area contributed by atoms with Crippen molar-refractivity contribution in [2.24, 2.45) is 0 Å². The van der Waals surface area contributed by atoms with Crippen molar-refractivity contribution in [1.29, 1.82) is 0 Å². The van der Waals surface area contributed by atoms with Crippen molar-refractivity contribution in [1.82, 2.24) is 14.9 Å². The van der Waals surface area contributed by atoms with E-state index in [1.807, 2.05) is 4.57 Å². The van der Waals surface area contributed by atoms with Crippen LogP contribution in [0.15, 0.2) is 36.5 Å². The summed E-state index contributed by atoms with van der Waals surface area (Å²) in [4.78, 5) is 16.4. The molecule has 2 aromatic rings. The number of halogens is 1. The highest BCUT2D eigenvalue weighted by molar-refractivity contribution is 5.96. The van der Waals surface area contributed by atoms with Gasteiger partial charge in [0.1, 0.15) is 0 Å². The Bertz CT molecular complexity index is 651. The summed E-state index contributed by atoms with van der Waals surface area (Å²) < 4.78 is 16.7. The first-order valence-electron chi connectivity index (χ1n) is 6.90. The van der Waals surface area contributed by atoms with Crippen LogP contribution in [0.1, 0.15) is 18.2 Å². The molecule has 1 unspecified atom stereocenters. The highest BCUT2D eigenvalue weighted by Gasteiger charge is 2.36. The molecule has 110 valence electrons. The second-order valence-electron chi connectivity index (χ2n) is 5.22. The lowest BCUT2D eigenvalue weighted by Gasteiger charge is -2.22. The summed E-state index contributed by atoms with van der Waals surface area (Å²) in [5.41, 5.74) is -0.785. The average molecular weight is 288 g/mol. The van der Waals surface area contributed by atoms with Gasteiger partial charge in [-0.3, -0.25) is 10.1 Å². The van der Waals surface area contributed by atoms with E-state index >= 15 is 0 Å². The largest absolute Gasteiger partial charge is 0.312 e. The van der Waals surface area contributed by atoms with Crippen molar-refractivity contribution in [3.05, 3.63) is 47.8 Å². The van der Waals surface area contributed by atoms with E-state index < -0.39 is 11.6 Å². The summed E-state index contributed by atoms with van der Waals surface area (Å²) in [5, 5.41) is 5.82. The highest BCUT2D eigenvalue weighted by Crippen LogP contribution is 2.27. The molecule has 5 nitrogen and oxygen atoms in total. The Morgan fingerprint density at radius 1 is 1.43 bits per heavy atom. The van der Waals surface area contributed by atoms with Crippen LogP contribution in [0.4, 0.5) is 10.3 Å². The number of imidazole rings is 1. The molecule has 1 aromatic heterocycles. The Kier molecular flexibility index (Phi) is 3.47. The van der Waals surface area contributed by atoms with Crippen LogP contribution in [0.3, 0.4) is 0 Å². The van der Waals surface area contributed by atoms with Crippen molar-refractivity contribution in [3.8, 4) is 0 Å². The van der Waals surface area contributed by atoms with Crippen molar-refractivity contribution >= 4 is 11.9 Å². The number of carbonyl (C=O) groups excluding carboxylic acids is 1. The number of hydrogen-bond donors (Lipinski definition) is 2. The van der Waals surface area contributed by atoms with Crippen molar-refractivity contribution in [2.45, 2.75) is 25.7 Å². The zero-order valence-corrected chi connectivity index (χ0v) is 11.8. The number of aromatic nitrogens is 2. The van der Waals surface area contributed by atoms with Gasteiger partial charge in [-0.25, -0.2) is 9.37 Å². The first kappa shape index (κ1) is 13.8. The Labute approximate surface area is 122 Å². The van der Waals surface area contributed by atoms with Gasteiger partial charge >= 0.3 is 0 Å². The van der Waals surface area contributed by atoms with Gasteiger partial charge in [-0.05, 0) is 12.5 Å². The van der Waals surface area contributed by atoms with Gasteiger partial charge in [0.05, 0.1) is 11.9 Å². The van der Waals surface area contributed by atoms with E-state index in [1.54, 1.807) is 36.5 Å². The monoisotopic (exact) mass is 288 g/mol. The van der Waals surface area contributed by atoms with Crippen LogP contribution in [-0.4, -0.2) is 22.0 Å². The first-order chi connectivity index (χ1) is 10.1. The predicted octanol–water partition coefficient (Wildman–Crippen LogP) is 1.81. The van der Waals surface area contributed by atoms with Crippen LogP contribution in [0.2, 0.25) is 0 Å². The number of amides is 1. The number of nitrogens with one attached hydrogen (secondary N) is 2. The minimum atomic E-state index is -2.10. The van der Waals surface area contributed by atoms with Crippen molar-refractivity contribution in [2.75, 3.05) is 11.9 Å². The maximum absolute atomic E-state index is 14.8. The fourth-order valence-electron chi connectivity index (χ4n) is 2.41. The third-order valence-electron chi connectivity index (χ3n) is 3.72. The molecule has 0 radical (unpaired) electrons. The smallest absolute Gasteiger partial charge is 0.268 e. The lowest BCUT2D eigenvalue weighted by atomic mass is 9.97. The normalized spacial score (nSPS) is 16.9. The molecule has 0 aliphatic carbocycles. The molecule has 0 saturated heterocycles. The topological polar surface area (TPSA) is 59.0 Å². The standard InChI is InChI=1S/C15H17FN4O/c1-15(16,11-5-3-2-4-6-11)13(21)19-14-18-10-12-9-17-7-8-20(12)14/h2-6,10,17H,7-9H2,1H3,(H,18,19,21). The minimum absolute atomic E-state index is 0.328. The molecule has 1 aromatic carbocycles. The number of anilines is 1. The average Bonchev–Trinajstić information content (AvgIpc) is 2.91. The molecular weight excluding hydrogens is 271 g/mol. The number of hydrogen-bond acceptors (Lipinski definition) is 3. The van der Waals surface area contributed by atoms with Crippen LogP contribution in [0, 0.1) is 0 Å². The number of fused-ring (bicyclic) bond motifs is 1. The third-order valence-corrected chi connectivity index (χ3v) is 3.72. The zero-order valence-electron chi connectivity index (χ0n) is 11.8. The molecule has 0 fully saturated rings. The predicted molar refractivity (Wildman–Crippen MR) is 77.5 cm³/mol. The lowest BCUT2D eigenvalue weighted by molar-refractivity contribution is -0.126. The molecule has 0 saturated carbocycles. The maximum atomic E-state index is 14.8. The van der Waals surface area contributed by atoms with Gasteiger partial charge in [0.15, 0.2) is 0 Å². The van der Waals surface area contributed by atoms with E-state index in [2.05, 4.69) is 15.6 Å². The van der Waals surface area contributed by atoms with Crippen LogP contribution >= 0.6 is 0 Å². The number of rotatable bonds is 3. The number of nitrogens with zero attached hydrogens (tertiary/aromatic N) is 2. The Balaban J connectivity index is 1.82. The lowest BCUT2D eigenvalue weighted by Crippen LogP contribution is -2.35. The molecule has 21 heavy (non-hydrogen) atoms. The first-order valence-corrected chi connectivity index (χ1v) is 6.90. The van der Waals surface area contributed by atoms with E-state index in [0.717, 1.165) is 12.2 Å². The van der Waals surface area contributed by atoms with Crippen LogP contribution in [0.5, 0.6) is 0 Å². The summed E-state index contributed by atoms with van der Waals surface area (Å²) in [7, 11) is 0. The Morgan fingerprint density at radius 3 is 2.95 bits per heavy atom. The Hall–Kier alpha value is -2.21. The highest BCUT2D eigenvalue weighted by atomic mass is 19.1. The molecule has 0 spiro atoms. The molecule has 1 amide bonds. The van der Waals surface area contributed by atoms with Gasteiger partial charge in [0.25, 0.3) is 5.91 Å². The van der Waals surface area contributed by atoms with Gasteiger partial charge in [0, 0.05) is 19.6 Å².